The first-order valence-corrected chi connectivity index (χ1v) is 11.2. The normalized spacial score (nSPS) is 16.4. The van der Waals surface area contributed by atoms with E-state index >= 15 is 0 Å². The molecule has 1 aromatic carbocycles. The number of ether oxygens (including phenoxy) is 4. The molecule has 1 fully saturated rings. The molecule has 2 atom stereocenters. The number of amides is 1. The minimum atomic E-state index is -1.86. The Balaban J connectivity index is 2.20. The lowest BCUT2D eigenvalue weighted by atomic mass is 10.0. The van der Waals surface area contributed by atoms with Gasteiger partial charge in [0.1, 0.15) is 11.6 Å². The number of ketones is 1. The molecule has 10 heteroatoms. The van der Waals surface area contributed by atoms with E-state index in [1.54, 1.807) is 34.6 Å². The average Bonchev–Trinajstić information content (AvgIpc) is 3.26. The molecule has 1 heterocycles. The van der Waals surface area contributed by atoms with Gasteiger partial charge in [-0.25, -0.2) is 19.2 Å². The molecule has 34 heavy (non-hydrogen) atoms. The Kier molecular flexibility index (Phi) is 9.17. The molecule has 0 radical (unpaired) electrons. The second kappa shape index (κ2) is 11.6. The molecule has 186 valence electrons. The number of carbonyl (C=O) groups is 5. The molecule has 0 saturated carbocycles. The fraction of sp³-hybridized carbons (Fsp3) is 0.542. The van der Waals surface area contributed by atoms with E-state index in [0.29, 0.717) is 12.8 Å². The van der Waals surface area contributed by atoms with Crippen LogP contribution >= 0.6 is 0 Å². The number of Topliss-reactive ketones (excluding diaryl/α,β-unsaturated/α-hetero) is 1. The zero-order chi connectivity index (χ0) is 25.5. The summed E-state index contributed by atoms with van der Waals surface area (Å²) >= 11 is 0. The van der Waals surface area contributed by atoms with Crippen LogP contribution in [-0.4, -0.2) is 72.2 Å². The molecule has 0 aromatic heterocycles. The largest absolute Gasteiger partial charge is 0.463 e. The second-order valence-corrected chi connectivity index (χ2v) is 8.56. The summed E-state index contributed by atoms with van der Waals surface area (Å²) in [5.41, 5.74) is -0.496. The highest BCUT2D eigenvalue weighted by Gasteiger charge is 2.41. The molecule has 0 aliphatic carbocycles. The Labute approximate surface area is 198 Å². The zero-order valence-electron chi connectivity index (χ0n) is 20.1. The number of likely N-dealkylation sites (tertiary alicyclic amines) is 1. The third kappa shape index (κ3) is 7.03. The second-order valence-electron chi connectivity index (χ2n) is 8.56. The maximum Gasteiger partial charge on any atom is 0.411 e. The van der Waals surface area contributed by atoms with Crippen LogP contribution in [0.4, 0.5) is 4.79 Å². The molecule has 1 unspecified atom stereocenters. The SMILES string of the molecule is CCOC(=O)c1ccc(C(=O)C(OC(=O)[C@@H]2CCCN2C(=O)OC(C)(C)C)C(=O)OCC)cc1. The van der Waals surface area contributed by atoms with Crippen molar-refractivity contribution in [3.8, 4) is 0 Å². The van der Waals surface area contributed by atoms with E-state index < -0.39 is 47.5 Å². The third-order valence-electron chi connectivity index (χ3n) is 4.81. The number of rotatable bonds is 8. The summed E-state index contributed by atoms with van der Waals surface area (Å²) in [5, 5.41) is 0. The number of hydrogen-bond acceptors (Lipinski definition) is 9. The molecule has 0 N–H and O–H groups in total. The van der Waals surface area contributed by atoms with Gasteiger partial charge in [-0.05, 0) is 59.6 Å². The van der Waals surface area contributed by atoms with Gasteiger partial charge in [-0.15, -0.1) is 0 Å². The van der Waals surface area contributed by atoms with Crippen molar-refractivity contribution in [2.24, 2.45) is 0 Å². The van der Waals surface area contributed by atoms with E-state index in [1.165, 1.54) is 29.2 Å². The van der Waals surface area contributed by atoms with Crippen molar-refractivity contribution in [3.05, 3.63) is 35.4 Å². The Morgan fingerprint density at radius 2 is 1.56 bits per heavy atom. The molecule has 1 amide bonds. The summed E-state index contributed by atoms with van der Waals surface area (Å²) in [6, 6.07) is 4.41. The summed E-state index contributed by atoms with van der Waals surface area (Å²) in [6.45, 7) is 8.78. The molecule has 0 bridgehead atoms. The van der Waals surface area contributed by atoms with Gasteiger partial charge >= 0.3 is 24.0 Å². The lowest BCUT2D eigenvalue weighted by Crippen LogP contribution is -2.46. The van der Waals surface area contributed by atoms with Crippen LogP contribution < -0.4 is 0 Å². The van der Waals surface area contributed by atoms with Gasteiger partial charge in [0.05, 0.1) is 18.8 Å². The van der Waals surface area contributed by atoms with Crippen molar-refractivity contribution in [3.63, 3.8) is 0 Å². The van der Waals surface area contributed by atoms with E-state index in [4.69, 9.17) is 18.9 Å². The summed E-state index contributed by atoms with van der Waals surface area (Å²) in [5.74, 6) is -3.31. The van der Waals surface area contributed by atoms with E-state index in [2.05, 4.69) is 0 Å². The molecule has 1 saturated heterocycles. The van der Waals surface area contributed by atoms with E-state index in [-0.39, 0.29) is 30.9 Å². The van der Waals surface area contributed by atoms with Crippen LogP contribution in [0, 0.1) is 0 Å². The Morgan fingerprint density at radius 1 is 0.971 bits per heavy atom. The van der Waals surface area contributed by atoms with Crippen LogP contribution in [0.1, 0.15) is 68.2 Å². The van der Waals surface area contributed by atoms with Crippen molar-refractivity contribution in [1.29, 1.82) is 0 Å². The third-order valence-corrected chi connectivity index (χ3v) is 4.81. The highest BCUT2D eigenvalue weighted by atomic mass is 16.6. The minimum Gasteiger partial charge on any atom is -0.463 e. The molecule has 2 rings (SSSR count). The predicted molar refractivity (Wildman–Crippen MR) is 119 cm³/mol. The van der Waals surface area contributed by atoms with Gasteiger partial charge in [-0.1, -0.05) is 12.1 Å². The van der Waals surface area contributed by atoms with Gasteiger partial charge in [0.25, 0.3) is 6.10 Å². The van der Waals surface area contributed by atoms with Crippen LogP contribution in [0.3, 0.4) is 0 Å². The monoisotopic (exact) mass is 477 g/mol. The first kappa shape index (κ1) is 26.8. The number of carbonyl (C=O) groups excluding carboxylic acids is 5. The topological polar surface area (TPSA) is 126 Å². The number of esters is 3. The Hall–Kier alpha value is -3.43. The summed E-state index contributed by atoms with van der Waals surface area (Å²) < 4.78 is 20.5. The molecule has 1 aromatic rings. The van der Waals surface area contributed by atoms with Crippen molar-refractivity contribution >= 4 is 29.8 Å². The fourth-order valence-electron chi connectivity index (χ4n) is 3.31. The summed E-state index contributed by atoms with van der Waals surface area (Å²) in [4.78, 5) is 63.9. The van der Waals surface area contributed by atoms with Crippen molar-refractivity contribution in [1.82, 2.24) is 4.90 Å². The van der Waals surface area contributed by atoms with Crippen molar-refractivity contribution in [2.75, 3.05) is 19.8 Å². The van der Waals surface area contributed by atoms with Gasteiger partial charge < -0.3 is 18.9 Å². The number of nitrogens with zero attached hydrogens (tertiary/aromatic N) is 1. The molecular weight excluding hydrogens is 446 g/mol. The van der Waals surface area contributed by atoms with Crippen molar-refractivity contribution < 1.29 is 42.9 Å². The quantitative estimate of drug-likeness (QED) is 0.240. The molecule has 10 nitrogen and oxygen atoms in total. The highest BCUT2D eigenvalue weighted by molar-refractivity contribution is 6.12. The standard InChI is InChI=1S/C24H31NO9/c1-6-31-20(27)16-12-10-15(11-13-16)18(26)19(22(29)32-7-2)33-21(28)17-9-8-14-25(17)23(30)34-24(3,4)5/h10-13,17,19H,6-9,14H2,1-5H3/t17-,19?/m0/s1. The lowest BCUT2D eigenvalue weighted by Gasteiger charge is -2.28. The van der Waals surface area contributed by atoms with Gasteiger partial charge in [-0.3, -0.25) is 9.69 Å². The maximum absolute atomic E-state index is 13.0. The van der Waals surface area contributed by atoms with Crippen molar-refractivity contribution in [2.45, 2.75) is 65.2 Å². The summed E-state index contributed by atoms with van der Waals surface area (Å²) in [7, 11) is 0. The molecular formula is C24H31NO9. The first-order chi connectivity index (χ1) is 16.0. The van der Waals surface area contributed by atoms with Crippen LogP contribution in [0.5, 0.6) is 0 Å². The minimum absolute atomic E-state index is 0.0323. The number of hydrogen-bond donors (Lipinski definition) is 0. The molecule has 1 aliphatic rings. The fourth-order valence-corrected chi connectivity index (χ4v) is 3.31. The zero-order valence-corrected chi connectivity index (χ0v) is 20.1. The van der Waals surface area contributed by atoms with Gasteiger partial charge in [0.15, 0.2) is 0 Å². The van der Waals surface area contributed by atoms with Gasteiger partial charge in [-0.2, -0.15) is 0 Å². The molecule has 1 aliphatic heterocycles. The van der Waals surface area contributed by atoms with Gasteiger partial charge in [0.2, 0.25) is 5.78 Å². The van der Waals surface area contributed by atoms with E-state index in [1.807, 2.05) is 0 Å². The van der Waals surface area contributed by atoms with E-state index in [9.17, 15) is 24.0 Å². The van der Waals surface area contributed by atoms with E-state index in [0.717, 1.165) is 0 Å². The Bertz CT molecular complexity index is 917. The Morgan fingerprint density at radius 3 is 2.12 bits per heavy atom. The summed E-state index contributed by atoms with van der Waals surface area (Å²) in [6.07, 6.45) is -1.70. The highest BCUT2D eigenvalue weighted by Crippen LogP contribution is 2.23. The number of benzene rings is 1. The maximum atomic E-state index is 13.0. The smallest absolute Gasteiger partial charge is 0.411 e. The lowest BCUT2D eigenvalue weighted by molar-refractivity contribution is -0.166. The van der Waals surface area contributed by atoms with Crippen LogP contribution in [0.2, 0.25) is 0 Å². The van der Waals surface area contributed by atoms with Crippen LogP contribution in [0.25, 0.3) is 0 Å². The average molecular weight is 478 g/mol. The van der Waals surface area contributed by atoms with Crippen LogP contribution in [0.15, 0.2) is 24.3 Å². The molecule has 0 spiro atoms. The first-order valence-electron chi connectivity index (χ1n) is 11.2. The van der Waals surface area contributed by atoms with Gasteiger partial charge in [0, 0.05) is 12.1 Å². The predicted octanol–water partition coefficient (Wildman–Crippen LogP) is 2.92. The van der Waals surface area contributed by atoms with Crippen LogP contribution in [-0.2, 0) is 28.5 Å².